The summed E-state index contributed by atoms with van der Waals surface area (Å²) in [4.78, 5) is 17.9. The summed E-state index contributed by atoms with van der Waals surface area (Å²) in [5, 5.41) is 14.0. The molecular formula is C11H9ClN4O3. The molecule has 0 radical (unpaired) electrons. The molecule has 0 unspecified atom stereocenters. The molecule has 0 amide bonds. The number of rotatable bonds is 4. The fourth-order valence-electron chi connectivity index (χ4n) is 1.32. The topological polar surface area (TPSA) is 90.2 Å². The van der Waals surface area contributed by atoms with E-state index >= 15 is 0 Å². The van der Waals surface area contributed by atoms with Crippen LogP contribution in [0.2, 0.25) is 5.02 Å². The molecule has 0 saturated carbocycles. The van der Waals surface area contributed by atoms with Gasteiger partial charge in [-0.3, -0.25) is 10.1 Å². The Labute approximate surface area is 113 Å². The Kier molecular flexibility index (Phi) is 3.76. The first-order valence-corrected chi connectivity index (χ1v) is 5.60. The molecule has 98 valence electrons. The predicted molar refractivity (Wildman–Crippen MR) is 69.8 cm³/mol. The Morgan fingerprint density at radius 1 is 1.47 bits per heavy atom. The Balaban J connectivity index is 2.39. The first-order chi connectivity index (χ1) is 9.10. The Morgan fingerprint density at radius 3 is 2.89 bits per heavy atom. The average molecular weight is 281 g/mol. The molecule has 1 aromatic heterocycles. The number of hydrogen-bond donors (Lipinski definition) is 1. The molecule has 2 aromatic rings. The minimum atomic E-state index is -0.612. The van der Waals surface area contributed by atoms with Gasteiger partial charge < -0.3 is 10.1 Å². The van der Waals surface area contributed by atoms with Crippen LogP contribution in [0.3, 0.4) is 0 Å². The van der Waals surface area contributed by atoms with E-state index in [0.717, 1.165) is 6.20 Å². The molecule has 0 saturated heterocycles. The number of nitro groups is 1. The standard InChI is InChI=1S/C11H9ClN4O3/c1-13-11-14-6-9(16(17)18)10(15-11)19-8-4-2-3-7(12)5-8/h2-6H,1H3,(H,13,14,15). The third-order valence-electron chi connectivity index (χ3n) is 2.17. The number of halogens is 1. The second-order valence-electron chi connectivity index (χ2n) is 3.45. The molecule has 0 spiro atoms. The molecule has 0 aliphatic rings. The van der Waals surface area contributed by atoms with E-state index in [0.29, 0.717) is 10.8 Å². The summed E-state index contributed by atoms with van der Waals surface area (Å²) in [5.74, 6) is 0.436. The van der Waals surface area contributed by atoms with E-state index in [1.54, 1.807) is 25.2 Å². The molecule has 7 nitrogen and oxygen atoms in total. The number of nitrogens with zero attached hydrogens (tertiary/aromatic N) is 3. The van der Waals surface area contributed by atoms with Crippen LogP contribution in [-0.2, 0) is 0 Å². The zero-order chi connectivity index (χ0) is 13.8. The van der Waals surface area contributed by atoms with Crippen molar-refractivity contribution in [1.29, 1.82) is 0 Å². The number of nitrogens with one attached hydrogen (secondary N) is 1. The second-order valence-corrected chi connectivity index (χ2v) is 3.89. The molecule has 0 bridgehead atoms. The lowest BCUT2D eigenvalue weighted by molar-refractivity contribution is -0.386. The zero-order valence-electron chi connectivity index (χ0n) is 9.83. The minimum absolute atomic E-state index is 0.147. The maximum atomic E-state index is 10.9. The molecule has 19 heavy (non-hydrogen) atoms. The van der Waals surface area contributed by atoms with Crippen LogP contribution in [0.1, 0.15) is 0 Å². The largest absolute Gasteiger partial charge is 0.434 e. The normalized spacial score (nSPS) is 10.0. The summed E-state index contributed by atoms with van der Waals surface area (Å²) >= 11 is 5.81. The van der Waals surface area contributed by atoms with Crippen LogP contribution in [0.5, 0.6) is 11.6 Å². The van der Waals surface area contributed by atoms with E-state index < -0.39 is 4.92 Å². The number of ether oxygens (including phenoxy) is 1. The summed E-state index contributed by atoms with van der Waals surface area (Å²) in [6.45, 7) is 0. The van der Waals surface area contributed by atoms with E-state index in [4.69, 9.17) is 16.3 Å². The summed E-state index contributed by atoms with van der Waals surface area (Å²) in [5.41, 5.74) is -0.320. The van der Waals surface area contributed by atoms with Crippen molar-refractivity contribution in [3.63, 3.8) is 0 Å². The number of anilines is 1. The fourth-order valence-corrected chi connectivity index (χ4v) is 1.50. The molecule has 0 aliphatic carbocycles. The van der Waals surface area contributed by atoms with Gasteiger partial charge in [0, 0.05) is 12.1 Å². The van der Waals surface area contributed by atoms with Crippen molar-refractivity contribution in [3.05, 3.63) is 45.6 Å². The maximum Gasteiger partial charge on any atom is 0.349 e. The number of aromatic nitrogens is 2. The Morgan fingerprint density at radius 2 is 2.26 bits per heavy atom. The van der Waals surface area contributed by atoms with Gasteiger partial charge in [-0.15, -0.1) is 0 Å². The van der Waals surface area contributed by atoms with Crippen LogP contribution in [-0.4, -0.2) is 21.9 Å². The van der Waals surface area contributed by atoms with Gasteiger partial charge in [0.2, 0.25) is 5.95 Å². The highest BCUT2D eigenvalue weighted by atomic mass is 35.5. The fraction of sp³-hybridized carbons (Fsp3) is 0.0909. The van der Waals surface area contributed by atoms with Crippen molar-refractivity contribution in [3.8, 4) is 11.6 Å². The maximum absolute atomic E-state index is 10.9. The lowest BCUT2D eigenvalue weighted by atomic mass is 10.3. The summed E-state index contributed by atoms with van der Waals surface area (Å²) in [7, 11) is 1.60. The van der Waals surface area contributed by atoms with Crippen molar-refractivity contribution >= 4 is 23.2 Å². The summed E-state index contributed by atoms with van der Waals surface area (Å²) in [6, 6.07) is 6.49. The predicted octanol–water partition coefficient (Wildman–Crippen LogP) is 2.87. The van der Waals surface area contributed by atoms with Crippen LogP contribution < -0.4 is 10.1 Å². The summed E-state index contributed by atoms with van der Waals surface area (Å²) in [6.07, 6.45) is 1.08. The Bertz CT molecular complexity index is 621. The van der Waals surface area contributed by atoms with Crippen LogP contribution in [0, 0.1) is 10.1 Å². The molecular weight excluding hydrogens is 272 g/mol. The van der Waals surface area contributed by atoms with Crippen LogP contribution in [0.4, 0.5) is 11.6 Å². The SMILES string of the molecule is CNc1ncc([N+](=O)[O-])c(Oc2cccc(Cl)c2)n1. The van der Waals surface area contributed by atoms with Crippen molar-refractivity contribution in [2.45, 2.75) is 0 Å². The molecule has 2 rings (SSSR count). The average Bonchev–Trinajstić information content (AvgIpc) is 2.38. The molecule has 1 aromatic carbocycles. The Hall–Kier alpha value is -2.41. The van der Waals surface area contributed by atoms with Gasteiger partial charge >= 0.3 is 11.6 Å². The monoisotopic (exact) mass is 280 g/mol. The van der Waals surface area contributed by atoms with Gasteiger partial charge in [0.1, 0.15) is 11.9 Å². The molecule has 0 aliphatic heterocycles. The molecule has 1 heterocycles. The van der Waals surface area contributed by atoms with E-state index in [1.165, 1.54) is 6.07 Å². The highest BCUT2D eigenvalue weighted by Gasteiger charge is 2.19. The molecule has 1 N–H and O–H groups in total. The quantitative estimate of drug-likeness (QED) is 0.684. The van der Waals surface area contributed by atoms with Crippen LogP contribution in [0.25, 0.3) is 0 Å². The van der Waals surface area contributed by atoms with Gasteiger partial charge in [0.05, 0.1) is 4.92 Å². The van der Waals surface area contributed by atoms with Gasteiger partial charge in [-0.25, -0.2) is 4.98 Å². The van der Waals surface area contributed by atoms with Crippen molar-refractivity contribution in [1.82, 2.24) is 9.97 Å². The van der Waals surface area contributed by atoms with Crippen molar-refractivity contribution in [2.75, 3.05) is 12.4 Å². The number of hydrogen-bond acceptors (Lipinski definition) is 6. The van der Waals surface area contributed by atoms with Crippen LogP contribution >= 0.6 is 11.6 Å². The van der Waals surface area contributed by atoms with E-state index in [9.17, 15) is 10.1 Å². The number of benzene rings is 1. The smallest absolute Gasteiger partial charge is 0.349 e. The van der Waals surface area contributed by atoms with E-state index in [1.807, 2.05) is 0 Å². The minimum Gasteiger partial charge on any atom is -0.434 e. The first-order valence-electron chi connectivity index (χ1n) is 5.23. The molecule has 8 heteroatoms. The van der Waals surface area contributed by atoms with Gasteiger partial charge in [-0.2, -0.15) is 4.98 Å². The summed E-state index contributed by atoms with van der Waals surface area (Å²) < 4.78 is 5.38. The van der Waals surface area contributed by atoms with E-state index in [2.05, 4.69) is 15.3 Å². The van der Waals surface area contributed by atoms with Gasteiger partial charge in [0.25, 0.3) is 0 Å². The third-order valence-corrected chi connectivity index (χ3v) is 2.40. The van der Waals surface area contributed by atoms with Crippen LogP contribution in [0.15, 0.2) is 30.5 Å². The van der Waals surface area contributed by atoms with Crippen molar-refractivity contribution in [2.24, 2.45) is 0 Å². The highest BCUT2D eigenvalue weighted by Crippen LogP contribution is 2.30. The van der Waals surface area contributed by atoms with Gasteiger partial charge in [0.15, 0.2) is 0 Å². The van der Waals surface area contributed by atoms with Gasteiger partial charge in [-0.05, 0) is 18.2 Å². The lowest BCUT2D eigenvalue weighted by Gasteiger charge is -2.06. The lowest BCUT2D eigenvalue weighted by Crippen LogP contribution is -2.01. The molecule has 0 fully saturated rings. The molecule has 0 atom stereocenters. The second kappa shape index (κ2) is 5.49. The highest BCUT2D eigenvalue weighted by molar-refractivity contribution is 6.30. The van der Waals surface area contributed by atoms with E-state index in [-0.39, 0.29) is 17.5 Å². The first kappa shape index (κ1) is 13.0. The zero-order valence-corrected chi connectivity index (χ0v) is 10.6. The third kappa shape index (κ3) is 3.08. The van der Waals surface area contributed by atoms with Crippen molar-refractivity contribution < 1.29 is 9.66 Å². The van der Waals surface area contributed by atoms with Gasteiger partial charge in [-0.1, -0.05) is 17.7 Å².